The van der Waals surface area contributed by atoms with E-state index in [-0.39, 0.29) is 0 Å². The van der Waals surface area contributed by atoms with Crippen LogP contribution >= 0.6 is 0 Å². The summed E-state index contributed by atoms with van der Waals surface area (Å²) < 4.78 is 11.6. The third kappa shape index (κ3) is 3.32. The summed E-state index contributed by atoms with van der Waals surface area (Å²) in [6, 6.07) is 16.4. The number of morpholine rings is 1. The third-order valence-corrected chi connectivity index (χ3v) is 5.87. The van der Waals surface area contributed by atoms with Crippen LogP contribution < -0.4 is 4.74 Å². The maximum absolute atomic E-state index is 5.94. The molecule has 3 aromatic heterocycles. The summed E-state index contributed by atoms with van der Waals surface area (Å²) in [6.45, 7) is 2.75. The van der Waals surface area contributed by atoms with E-state index >= 15 is 0 Å². The fourth-order valence-corrected chi connectivity index (χ4v) is 4.32. The van der Waals surface area contributed by atoms with E-state index in [1.54, 1.807) is 12.4 Å². The van der Waals surface area contributed by atoms with Gasteiger partial charge in [0.2, 0.25) is 5.88 Å². The van der Waals surface area contributed by atoms with E-state index in [1.807, 2.05) is 36.4 Å². The van der Waals surface area contributed by atoms with Crippen LogP contribution in [0.4, 0.5) is 0 Å². The molecule has 2 unspecified atom stereocenters. The predicted molar refractivity (Wildman–Crippen MR) is 112 cm³/mol. The average Bonchev–Trinajstić information content (AvgIpc) is 3.53. The zero-order valence-corrected chi connectivity index (χ0v) is 16.4. The molecule has 5 heterocycles. The van der Waals surface area contributed by atoms with Crippen LogP contribution in [0.25, 0.3) is 22.2 Å². The van der Waals surface area contributed by atoms with Gasteiger partial charge in [-0.15, -0.1) is 0 Å². The maximum atomic E-state index is 5.94. The van der Waals surface area contributed by atoms with Gasteiger partial charge >= 0.3 is 0 Å². The molecule has 2 fully saturated rings. The monoisotopic (exact) mass is 399 g/mol. The van der Waals surface area contributed by atoms with Gasteiger partial charge in [-0.25, -0.2) is 4.98 Å². The van der Waals surface area contributed by atoms with E-state index < -0.39 is 0 Å². The highest BCUT2D eigenvalue weighted by Crippen LogP contribution is 2.30. The van der Waals surface area contributed by atoms with Crippen molar-refractivity contribution >= 4 is 10.9 Å². The summed E-state index contributed by atoms with van der Waals surface area (Å²) in [7, 11) is 0. The Morgan fingerprint density at radius 1 is 1.13 bits per heavy atom. The molecule has 2 atom stereocenters. The molecule has 0 saturated carbocycles. The Balaban J connectivity index is 1.17. The van der Waals surface area contributed by atoms with E-state index in [0.29, 0.717) is 18.0 Å². The van der Waals surface area contributed by atoms with Crippen LogP contribution in [0.2, 0.25) is 0 Å². The minimum absolute atomic E-state index is 0.414. The Labute approximate surface area is 173 Å². The second-order valence-electron chi connectivity index (χ2n) is 7.89. The van der Waals surface area contributed by atoms with Crippen LogP contribution in [0.3, 0.4) is 0 Å². The maximum Gasteiger partial charge on any atom is 0.219 e. The SMILES string of the molecule is c1cc(-c2ccc(Oc3ccc4nc(CN5CC6CC5CO6)ccc4c3)nc2)[nH]n1. The highest BCUT2D eigenvalue weighted by Gasteiger charge is 2.38. The molecule has 2 saturated heterocycles. The number of aromatic nitrogens is 4. The van der Waals surface area contributed by atoms with Crippen LogP contribution in [0, 0.1) is 0 Å². The fourth-order valence-electron chi connectivity index (χ4n) is 4.32. The van der Waals surface area contributed by atoms with Gasteiger partial charge in [0.05, 0.1) is 29.6 Å². The molecule has 2 aliphatic heterocycles. The third-order valence-electron chi connectivity index (χ3n) is 5.87. The van der Waals surface area contributed by atoms with E-state index in [1.165, 1.54) is 0 Å². The van der Waals surface area contributed by atoms with Crippen molar-refractivity contribution in [3.8, 4) is 22.9 Å². The van der Waals surface area contributed by atoms with Crippen LogP contribution in [-0.2, 0) is 11.3 Å². The van der Waals surface area contributed by atoms with Crippen molar-refractivity contribution in [3.05, 3.63) is 66.6 Å². The number of pyridine rings is 2. The Bertz CT molecular complexity index is 1180. The molecule has 150 valence electrons. The summed E-state index contributed by atoms with van der Waals surface area (Å²) in [5.74, 6) is 1.29. The van der Waals surface area contributed by atoms with E-state index in [9.17, 15) is 0 Å². The Kier molecular flexibility index (Phi) is 4.21. The van der Waals surface area contributed by atoms with Crippen molar-refractivity contribution < 1.29 is 9.47 Å². The summed E-state index contributed by atoms with van der Waals surface area (Å²) in [5.41, 5.74) is 3.96. The number of likely N-dealkylation sites (tertiary alicyclic amines) is 1. The molecule has 1 aromatic carbocycles. The highest BCUT2D eigenvalue weighted by atomic mass is 16.5. The minimum Gasteiger partial charge on any atom is -0.439 e. The smallest absolute Gasteiger partial charge is 0.219 e. The van der Waals surface area contributed by atoms with Gasteiger partial charge in [0, 0.05) is 48.5 Å². The van der Waals surface area contributed by atoms with Crippen LogP contribution in [0.15, 0.2) is 60.9 Å². The molecular formula is C23H21N5O2. The summed E-state index contributed by atoms with van der Waals surface area (Å²) >= 11 is 0. The first-order chi connectivity index (χ1) is 14.8. The molecule has 7 heteroatoms. The number of aromatic amines is 1. The van der Waals surface area contributed by atoms with Gasteiger partial charge in [0.25, 0.3) is 0 Å². The van der Waals surface area contributed by atoms with Crippen molar-refractivity contribution in [1.29, 1.82) is 0 Å². The van der Waals surface area contributed by atoms with Gasteiger partial charge in [-0.05, 0) is 42.8 Å². The number of rotatable bonds is 5. The zero-order valence-electron chi connectivity index (χ0n) is 16.4. The lowest BCUT2D eigenvalue weighted by Gasteiger charge is -2.26. The highest BCUT2D eigenvalue weighted by molar-refractivity contribution is 5.80. The predicted octanol–water partition coefficient (Wildman–Crippen LogP) is 3.79. The molecule has 6 rings (SSSR count). The topological polar surface area (TPSA) is 76.2 Å². The number of benzene rings is 1. The number of nitrogens with one attached hydrogen (secondary N) is 1. The zero-order chi connectivity index (χ0) is 19.9. The van der Waals surface area contributed by atoms with Crippen molar-refractivity contribution in [2.75, 3.05) is 13.2 Å². The van der Waals surface area contributed by atoms with Gasteiger partial charge in [0.15, 0.2) is 0 Å². The molecule has 2 bridgehead atoms. The summed E-state index contributed by atoms with van der Waals surface area (Å²) in [6.07, 6.45) is 5.06. The Morgan fingerprint density at radius 2 is 2.13 bits per heavy atom. The average molecular weight is 399 g/mol. The van der Waals surface area contributed by atoms with Crippen LogP contribution in [0.1, 0.15) is 12.1 Å². The largest absolute Gasteiger partial charge is 0.439 e. The standard InChI is InChI=1S/C23H21N5O2/c1-3-17(12-28-13-20-10-18(28)14-29-20)26-21-5-4-19(9-15(1)21)30-23-6-2-16(11-24-23)22-7-8-25-27-22/h1-9,11,18,20H,10,12-14H2,(H,25,27). The first-order valence-electron chi connectivity index (χ1n) is 10.2. The first-order valence-corrected chi connectivity index (χ1v) is 10.2. The fraction of sp³-hybridized carbons (Fsp3) is 0.261. The number of nitrogens with zero attached hydrogens (tertiary/aromatic N) is 4. The quantitative estimate of drug-likeness (QED) is 0.550. The first kappa shape index (κ1) is 17.6. The molecule has 0 spiro atoms. The van der Waals surface area contributed by atoms with Gasteiger partial charge in [-0.2, -0.15) is 5.10 Å². The van der Waals surface area contributed by atoms with Crippen LogP contribution in [-0.4, -0.2) is 50.4 Å². The number of fused-ring (bicyclic) bond motifs is 3. The molecule has 7 nitrogen and oxygen atoms in total. The van der Waals surface area contributed by atoms with Gasteiger partial charge in [-0.1, -0.05) is 6.07 Å². The molecule has 30 heavy (non-hydrogen) atoms. The Hall–Kier alpha value is -3.29. The van der Waals surface area contributed by atoms with E-state index in [0.717, 1.165) is 59.7 Å². The molecule has 0 amide bonds. The Morgan fingerprint density at radius 3 is 2.90 bits per heavy atom. The van der Waals surface area contributed by atoms with Crippen molar-refractivity contribution in [1.82, 2.24) is 25.1 Å². The van der Waals surface area contributed by atoms with Crippen molar-refractivity contribution in [3.63, 3.8) is 0 Å². The lowest BCUT2D eigenvalue weighted by molar-refractivity contribution is 0.0269. The molecular weight excluding hydrogens is 378 g/mol. The molecule has 0 radical (unpaired) electrons. The number of hydrogen-bond donors (Lipinski definition) is 1. The van der Waals surface area contributed by atoms with Gasteiger partial charge < -0.3 is 9.47 Å². The number of hydrogen-bond acceptors (Lipinski definition) is 6. The molecule has 4 aromatic rings. The molecule has 1 N–H and O–H groups in total. The van der Waals surface area contributed by atoms with Crippen molar-refractivity contribution in [2.24, 2.45) is 0 Å². The van der Waals surface area contributed by atoms with Gasteiger partial charge in [0.1, 0.15) is 5.75 Å². The van der Waals surface area contributed by atoms with Crippen molar-refractivity contribution in [2.45, 2.75) is 25.1 Å². The van der Waals surface area contributed by atoms with E-state index in [4.69, 9.17) is 14.5 Å². The summed E-state index contributed by atoms with van der Waals surface area (Å²) in [4.78, 5) is 11.7. The normalized spacial score (nSPS) is 20.8. The van der Waals surface area contributed by atoms with E-state index in [2.05, 4.69) is 32.2 Å². The number of H-pyrrole nitrogens is 1. The lowest BCUT2D eigenvalue weighted by Crippen LogP contribution is -2.36. The second kappa shape index (κ2) is 7.19. The molecule has 2 aliphatic rings. The minimum atomic E-state index is 0.414. The second-order valence-corrected chi connectivity index (χ2v) is 7.89. The lowest BCUT2D eigenvalue weighted by atomic mass is 10.2. The summed E-state index contributed by atoms with van der Waals surface area (Å²) in [5, 5.41) is 7.95. The molecule has 0 aliphatic carbocycles. The van der Waals surface area contributed by atoms with Gasteiger partial charge in [-0.3, -0.25) is 15.0 Å². The van der Waals surface area contributed by atoms with Crippen LogP contribution in [0.5, 0.6) is 11.6 Å². The number of ether oxygens (including phenoxy) is 2.